The van der Waals surface area contributed by atoms with E-state index in [1.165, 1.54) is 68.6 Å². The number of benzene rings is 2. The van der Waals surface area contributed by atoms with Crippen molar-refractivity contribution >= 4 is 11.7 Å². The summed E-state index contributed by atoms with van der Waals surface area (Å²) in [4.78, 5) is 22.9. The molecule has 0 bridgehead atoms. The Morgan fingerprint density at radius 1 is 0.851 bits per heavy atom. The van der Waals surface area contributed by atoms with Gasteiger partial charge in [-0.05, 0) is 99.4 Å². The third-order valence-electron chi connectivity index (χ3n) is 10.3. The Morgan fingerprint density at radius 2 is 1.55 bits per heavy atom. The quantitative estimate of drug-likeness (QED) is 0.233. The topological polar surface area (TPSA) is 102 Å². The number of ether oxygens (including phenoxy) is 1. The number of piperidine rings is 1. The van der Waals surface area contributed by atoms with Crippen LogP contribution in [0.5, 0.6) is 0 Å². The summed E-state index contributed by atoms with van der Waals surface area (Å²) in [6.07, 6.45) is 13.4. The Balaban J connectivity index is 0.893. The summed E-state index contributed by atoms with van der Waals surface area (Å²) in [5, 5.41) is 7.39. The van der Waals surface area contributed by atoms with Gasteiger partial charge in [0.15, 0.2) is 0 Å². The maximum absolute atomic E-state index is 13.3. The number of hydrogen-bond acceptors (Lipinski definition) is 7. The largest absolute Gasteiger partial charge is 0.383 e. The van der Waals surface area contributed by atoms with Crippen molar-refractivity contribution in [2.75, 3.05) is 31.9 Å². The second-order valence-electron chi connectivity index (χ2n) is 13.6. The van der Waals surface area contributed by atoms with Gasteiger partial charge in [-0.15, -0.1) is 0 Å². The molecule has 2 aromatic heterocycles. The molecule has 1 amide bonds. The average Bonchev–Trinajstić information content (AvgIpc) is 3.88. The minimum Gasteiger partial charge on any atom is -0.383 e. The highest BCUT2D eigenvalue weighted by Gasteiger charge is 2.30. The monoisotopic (exact) mass is 633 g/mol. The van der Waals surface area contributed by atoms with Crippen LogP contribution in [0, 0.1) is 0 Å². The number of rotatable bonds is 10. The summed E-state index contributed by atoms with van der Waals surface area (Å²) in [6, 6.07) is 20.2. The number of nitrogens with zero attached hydrogens (tertiary/aromatic N) is 5. The molecule has 2 atom stereocenters. The van der Waals surface area contributed by atoms with Gasteiger partial charge in [-0.3, -0.25) is 14.4 Å². The molecule has 2 aliphatic heterocycles. The fourth-order valence-corrected chi connectivity index (χ4v) is 7.53. The van der Waals surface area contributed by atoms with E-state index in [1.54, 1.807) is 23.1 Å². The number of carbonyl (C=O) groups excluding carboxylic acids is 1. The number of amides is 1. The lowest BCUT2D eigenvalue weighted by molar-refractivity contribution is 0.0272. The molecule has 0 spiro atoms. The van der Waals surface area contributed by atoms with Crippen LogP contribution >= 0.6 is 0 Å². The maximum Gasteiger partial charge on any atom is 0.255 e. The standard InChI is InChI=1S/C38H47N7O2/c1-43-25-32(23-41-43)31-21-34(37(39)40-22-31)38(46)42-35-5-4-6-36(35)47-26-28-9-13-30(14-10-28)29-11-7-27(8-12-29)24-44-19-15-33(16-20-44)45-17-2-3-18-45/h7-14,21-23,25,33,35-36H,2-6,15-20,24,26H2,1H3,(H2,39,40)(H,42,46)/t35-,36-/m0/s1. The molecular weight excluding hydrogens is 586 g/mol. The summed E-state index contributed by atoms with van der Waals surface area (Å²) in [5.74, 6) is -0.00740. The van der Waals surface area contributed by atoms with Crippen molar-refractivity contribution in [3.8, 4) is 22.3 Å². The maximum atomic E-state index is 13.3. The zero-order valence-corrected chi connectivity index (χ0v) is 27.5. The Labute approximate surface area is 278 Å². The van der Waals surface area contributed by atoms with E-state index in [4.69, 9.17) is 10.5 Å². The first-order valence-electron chi connectivity index (χ1n) is 17.3. The highest BCUT2D eigenvalue weighted by molar-refractivity contribution is 5.99. The zero-order valence-electron chi connectivity index (χ0n) is 27.5. The lowest BCUT2D eigenvalue weighted by Gasteiger charge is -2.36. The van der Waals surface area contributed by atoms with Gasteiger partial charge in [-0.25, -0.2) is 4.98 Å². The molecule has 1 aliphatic carbocycles. The predicted octanol–water partition coefficient (Wildman–Crippen LogP) is 5.66. The number of aromatic nitrogens is 3. The summed E-state index contributed by atoms with van der Waals surface area (Å²) < 4.78 is 8.07. The van der Waals surface area contributed by atoms with E-state index in [9.17, 15) is 4.79 Å². The van der Waals surface area contributed by atoms with Crippen LogP contribution in [-0.4, -0.2) is 74.8 Å². The van der Waals surface area contributed by atoms with Crippen LogP contribution in [0.4, 0.5) is 5.82 Å². The first-order valence-corrected chi connectivity index (χ1v) is 17.3. The number of anilines is 1. The third kappa shape index (κ3) is 7.59. The van der Waals surface area contributed by atoms with Crippen molar-refractivity contribution in [1.29, 1.82) is 0 Å². The lowest BCUT2D eigenvalue weighted by Crippen LogP contribution is -2.43. The number of nitrogens with one attached hydrogen (secondary N) is 1. The van der Waals surface area contributed by atoms with Crippen LogP contribution in [0.3, 0.4) is 0 Å². The molecule has 0 unspecified atom stereocenters. The van der Waals surface area contributed by atoms with Crippen LogP contribution in [-0.2, 0) is 24.9 Å². The first kappa shape index (κ1) is 31.5. The van der Waals surface area contributed by atoms with E-state index >= 15 is 0 Å². The number of pyridine rings is 1. The Kier molecular flexibility index (Phi) is 9.65. The fraction of sp³-hybridized carbons (Fsp3) is 0.447. The number of nitrogen functional groups attached to an aromatic ring is 1. The van der Waals surface area contributed by atoms with E-state index in [-0.39, 0.29) is 23.9 Å². The number of hydrogen-bond donors (Lipinski definition) is 2. The van der Waals surface area contributed by atoms with E-state index in [1.807, 2.05) is 13.2 Å². The average molecular weight is 634 g/mol. The van der Waals surface area contributed by atoms with Gasteiger partial charge in [0.2, 0.25) is 0 Å². The number of aryl methyl sites for hydroxylation is 1. The Bertz CT molecular complexity index is 1640. The van der Waals surface area contributed by atoms with Gasteiger partial charge in [0.1, 0.15) is 5.82 Å². The minimum atomic E-state index is -0.223. The molecule has 2 aromatic carbocycles. The molecule has 4 aromatic rings. The summed E-state index contributed by atoms with van der Waals surface area (Å²) in [5.41, 5.74) is 13.1. The summed E-state index contributed by atoms with van der Waals surface area (Å²) >= 11 is 0. The van der Waals surface area contributed by atoms with Crippen molar-refractivity contribution in [2.45, 2.75) is 76.3 Å². The van der Waals surface area contributed by atoms with Gasteiger partial charge in [0.25, 0.3) is 5.91 Å². The van der Waals surface area contributed by atoms with E-state index < -0.39 is 0 Å². The van der Waals surface area contributed by atoms with Crippen molar-refractivity contribution in [3.63, 3.8) is 0 Å². The van der Waals surface area contributed by atoms with Gasteiger partial charge >= 0.3 is 0 Å². The second-order valence-corrected chi connectivity index (χ2v) is 13.6. The van der Waals surface area contributed by atoms with Crippen LogP contribution in [0.25, 0.3) is 22.3 Å². The summed E-state index contributed by atoms with van der Waals surface area (Å²) in [6.45, 7) is 6.55. The van der Waals surface area contributed by atoms with E-state index in [0.717, 1.165) is 48.5 Å². The molecule has 7 rings (SSSR count). The molecule has 9 nitrogen and oxygen atoms in total. The van der Waals surface area contributed by atoms with Gasteiger partial charge in [0.05, 0.1) is 30.5 Å². The molecule has 2 saturated heterocycles. The molecule has 3 N–H and O–H groups in total. The number of likely N-dealkylation sites (tertiary alicyclic amines) is 2. The van der Waals surface area contributed by atoms with Crippen LogP contribution in [0.2, 0.25) is 0 Å². The van der Waals surface area contributed by atoms with Crippen molar-refractivity contribution in [2.24, 2.45) is 7.05 Å². The Hall–Kier alpha value is -4.05. The highest BCUT2D eigenvalue weighted by atomic mass is 16.5. The van der Waals surface area contributed by atoms with E-state index in [2.05, 4.69) is 73.7 Å². The molecule has 0 radical (unpaired) electrons. The smallest absolute Gasteiger partial charge is 0.255 e. The molecule has 4 heterocycles. The van der Waals surface area contributed by atoms with Crippen LogP contribution in [0.1, 0.15) is 66.4 Å². The van der Waals surface area contributed by atoms with Crippen LogP contribution in [0.15, 0.2) is 73.2 Å². The lowest BCUT2D eigenvalue weighted by atomic mass is 10.0. The van der Waals surface area contributed by atoms with E-state index in [0.29, 0.717) is 12.2 Å². The predicted molar refractivity (Wildman–Crippen MR) is 186 cm³/mol. The van der Waals surface area contributed by atoms with Gasteiger partial charge in [-0.1, -0.05) is 48.5 Å². The zero-order chi connectivity index (χ0) is 32.2. The molecule has 9 heteroatoms. The normalized spacial score (nSPS) is 21.0. The molecule has 246 valence electrons. The van der Waals surface area contributed by atoms with Gasteiger partial charge in [-0.2, -0.15) is 5.10 Å². The second kappa shape index (κ2) is 14.4. The van der Waals surface area contributed by atoms with Gasteiger partial charge in [0, 0.05) is 43.2 Å². The number of carbonyl (C=O) groups is 1. The molecule has 47 heavy (non-hydrogen) atoms. The summed E-state index contributed by atoms with van der Waals surface area (Å²) in [7, 11) is 1.86. The van der Waals surface area contributed by atoms with Crippen molar-refractivity contribution in [1.82, 2.24) is 29.9 Å². The molecule has 3 fully saturated rings. The Morgan fingerprint density at radius 3 is 2.23 bits per heavy atom. The first-order chi connectivity index (χ1) is 23.0. The molecular formula is C38H47N7O2. The van der Waals surface area contributed by atoms with Crippen molar-refractivity contribution in [3.05, 3.63) is 89.9 Å². The fourth-order valence-electron chi connectivity index (χ4n) is 7.53. The molecule has 3 aliphatic rings. The van der Waals surface area contributed by atoms with Crippen molar-refractivity contribution < 1.29 is 9.53 Å². The van der Waals surface area contributed by atoms with Gasteiger partial charge < -0.3 is 20.7 Å². The highest BCUT2D eigenvalue weighted by Crippen LogP contribution is 2.27. The molecule has 1 saturated carbocycles. The SMILES string of the molecule is Cn1cc(-c2cnc(N)c(C(=O)N[C@H]3CCC[C@@H]3OCc3ccc(-c4ccc(CN5CCC(N6CCCC6)CC5)cc4)cc3)c2)cn1. The van der Waals surface area contributed by atoms with Crippen LogP contribution < -0.4 is 11.1 Å². The third-order valence-corrected chi connectivity index (χ3v) is 10.3. The minimum absolute atomic E-state index is 0.0483. The number of nitrogens with two attached hydrogens (primary N) is 1.